The molecule has 0 bridgehead atoms. The van der Waals surface area contributed by atoms with Crippen LogP contribution in [0.25, 0.3) is 39.5 Å². The maximum absolute atomic E-state index is 11.7. The number of aromatic nitrogens is 4. The second-order valence-corrected chi connectivity index (χ2v) is 11.4. The van der Waals surface area contributed by atoms with Crippen molar-refractivity contribution in [2.24, 2.45) is 11.3 Å². The molecule has 3 N–H and O–H groups in total. The molecule has 208 valence electrons. The highest BCUT2D eigenvalue weighted by atomic mass is 16.4. The number of imidazole rings is 1. The van der Waals surface area contributed by atoms with Crippen LogP contribution in [0.2, 0.25) is 0 Å². The van der Waals surface area contributed by atoms with Crippen molar-refractivity contribution in [1.82, 2.24) is 24.4 Å². The maximum atomic E-state index is 11.7. The van der Waals surface area contributed by atoms with Crippen LogP contribution in [0.1, 0.15) is 32.3 Å². The van der Waals surface area contributed by atoms with Gasteiger partial charge < -0.3 is 10.8 Å². The molecule has 1 fully saturated rings. The fraction of sp³-hybridized carbons (Fsp3) is 0.273. The van der Waals surface area contributed by atoms with Gasteiger partial charge in [0.2, 0.25) is 0 Å². The lowest BCUT2D eigenvalue weighted by Crippen LogP contribution is -2.41. The van der Waals surface area contributed by atoms with Gasteiger partial charge >= 0.3 is 5.97 Å². The molecule has 0 amide bonds. The van der Waals surface area contributed by atoms with Crippen molar-refractivity contribution in [3.63, 3.8) is 0 Å². The van der Waals surface area contributed by atoms with E-state index in [1.165, 1.54) is 5.56 Å². The van der Waals surface area contributed by atoms with Gasteiger partial charge in [-0.05, 0) is 87.7 Å². The summed E-state index contributed by atoms with van der Waals surface area (Å²) < 4.78 is 2.05. The van der Waals surface area contributed by atoms with Crippen LogP contribution in [0.15, 0.2) is 85.1 Å². The van der Waals surface area contributed by atoms with Crippen molar-refractivity contribution in [2.45, 2.75) is 33.2 Å². The quantitative estimate of drug-likeness (QED) is 0.255. The number of nitrogens with two attached hydrogens (primary N) is 1. The second kappa shape index (κ2) is 10.8. The summed E-state index contributed by atoms with van der Waals surface area (Å²) in [5, 5.41) is 9.61. The Balaban J connectivity index is 1.31. The van der Waals surface area contributed by atoms with Crippen LogP contribution < -0.4 is 5.73 Å². The number of rotatable bonds is 7. The summed E-state index contributed by atoms with van der Waals surface area (Å²) in [7, 11) is 0. The molecule has 6 rings (SSSR count). The Hall–Kier alpha value is -4.56. The lowest BCUT2D eigenvalue weighted by Gasteiger charge is -2.38. The van der Waals surface area contributed by atoms with E-state index in [1.807, 2.05) is 56.3 Å². The summed E-state index contributed by atoms with van der Waals surface area (Å²) in [6, 6.07) is 26.4. The van der Waals surface area contributed by atoms with Crippen molar-refractivity contribution in [1.29, 1.82) is 0 Å². The molecule has 0 unspecified atom stereocenters. The molecule has 4 heterocycles. The standard InChI is InChI=1S/C33H34N6O2/c1-33(2,32(40)41)24-16-19-38(20-17-24)21-22-10-12-25(13-11-22)39-30(26-9-6-18-35-29(26)34)37-28-15-14-27(36-31(28)39)23-7-4-3-5-8-23/h3-15,18,24H,16-17,19-21H2,1-2H3,(H2,34,35)(H,40,41). The molecule has 41 heavy (non-hydrogen) atoms. The lowest BCUT2D eigenvalue weighted by atomic mass is 9.74. The van der Waals surface area contributed by atoms with Crippen LogP contribution in [-0.2, 0) is 11.3 Å². The normalized spacial score (nSPS) is 14.9. The molecule has 0 saturated carbocycles. The summed E-state index contributed by atoms with van der Waals surface area (Å²) in [5.41, 5.74) is 11.9. The van der Waals surface area contributed by atoms with Crippen LogP contribution in [-0.4, -0.2) is 48.6 Å². The zero-order valence-electron chi connectivity index (χ0n) is 23.4. The van der Waals surface area contributed by atoms with Gasteiger partial charge in [-0.15, -0.1) is 0 Å². The third-order valence-electron chi connectivity index (χ3n) is 8.41. The van der Waals surface area contributed by atoms with E-state index in [2.05, 4.69) is 50.8 Å². The highest BCUT2D eigenvalue weighted by molar-refractivity contribution is 5.84. The second-order valence-electron chi connectivity index (χ2n) is 11.4. The molecule has 0 atom stereocenters. The number of hydrogen-bond donors (Lipinski definition) is 2. The summed E-state index contributed by atoms with van der Waals surface area (Å²) >= 11 is 0. The minimum Gasteiger partial charge on any atom is -0.481 e. The van der Waals surface area contributed by atoms with Gasteiger partial charge in [-0.25, -0.2) is 15.0 Å². The average Bonchev–Trinajstić information content (AvgIpc) is 3.37. The molecule has 3 aromatic heterocycles. The van der Waals surface area contributed by atoms with Crippen LogP contribution in [0.3, 0.4) is 0 Å². The SMILES string of the molecule is CC(C)(C(=O)O)C1CCN(Cc2ccc(-n3c(-c4cccnc4N)nc4ccc(-c5ccccc5)nc43)cc2)CC1. The van der Waals surface area contributed by atoms with Gasteiger partial charge in [0.05, 0.1) is 16.7 Å². The smallest absolute Gasteiger partial charge is 0.309 e. The number of carboxylic acid groups (broad SMARTS) is 1. The van der Waals surface area contributed by atoms with E-state index in [4.69, 9.17) is 15.7 Å². The first-order valence-electron chi connectivity index (χ1n) is 14.0. The van der Waals surface area contributed by atoms with E-state index in [-0.39, 0.29) is 5.92 Å². The molecule has 1 aliphatic heterocycles. The number of carbonyl (C=O) groups is 1. The Morgan fingerprint density at radius 3 is 2.37 bits per heavy atom. The Bertz CT molecular complexity index is 1690. The molecule has 1 aliphatic rings. The predicted octanol–water partition coefficient (Wildman–Crippen LogP) is 6.05. The van der Waals surface area contributed by atoms with Gasteiger partial charge in [0, 0.05) is 24.0 Å². The van der Waals surface area contributed by atoms with Crippen molar-refractivity contribution in [2.75, 3.05) is 18.8 Å². The van der Waals surface area contributed by atoms with E-state index in [1.54, 1.807) is 6.20 Å². The van der Waals surface area contributed by atoms with Crippen LogP contribution in [0, 0.1) is 11.3 Å². The minimum absolute atomic E-state index is 0.194. The van der Waals surface area contributed by atoms with Gasteiger partial charge in [0.15, 0.2) is 11.5 Å². The van der Waals surface area contributed by atoms with Crippen molar-refractivity contribution in [3.05, 3.63) is 90.6 Å². The Morgan fingerprint density at radius 2 is 1.68 bits per heavy atom. The molecule has 0 radical (unpaired) electrons. The number of anilines is 1. The number of nitrogens with zero attached hydrogens (tertiary/aromatic N) is 5. The van der Waals surface area contributed by atoms with Crippen molar-refractivity contribution in [3.8, 4) is 28.3 Å². The molecular weight excluding hydrogens is 512 g/mol. The van der Waals surface area contributed by atoms with E-state index >= 15 is 0 Å². The van der Waals surface area contributed by atoms with E-state index in [9.17, 15) is 9.90 Å². The van der Waals surface area contributed by atoms with Crippen molar-refractivity contribution >= 4 is 23.0 Å². The lowest BCUT2D eigenvalue weighted by molar-refractivity contribution is -0.151. The maximum Gasteiger partial charge on any atom is 0.309 e. The molecular formula is C33H34N6O2. The molecule has 8 nitrogen and oxygen atoms in total. The van der Waals surface area contributed by atoms with Crippen LogP contribution in [0.4, 0.5) is 5.82 Å². The van der Waals surface area contributed by atoms with E-state index < -0.39 is 11.4 Å². The number of carboxylic acids is 1. The van der Waals surface area contributed by atoms with Gasteiger partial charge in [0.1, 0.15) is 11.3 Å². The number of pyridine rings is 2. The molecule has 0 spiro atoms. The average molecular weight is 547 g/mol. The molecule has 2 aromatic carbocycles. The highest BCUT2D eigenvalue weighted by Crippen LogP contribution is 2.36. The van der Waals surface area contributed by atoms with E-state index in [0.717, 1.165) is 66.1 Å². The Morgan fingerprint density at radius 1 is 0.951 bits per heavy atom. The van der Waals surface area contributed by atoms with Gasteiger partial charge in [-0.2, -0.15) is 0 Å². The number of piperidine rings is 1. The zero-order valence-corrected chi connectivity index (χ0v) is 23.4. The number of benzene rings is 2. The monoisotopic (exact) mass is 546 g/mol. The first-order chi connectivity index (χ1) is 19.8. The zero-order chi connectivity index (χ0) is 28.6. The molecule has 1 saturated heterocycles. The number of aliphatic carboxylic acids is 1. The fourth-order valence-electron chi connectivity index (χ4n) is 5.75. The van der Waals surface area contributed by atoms with Gasteiger partial charge in [-0.3, -0.25) is 14.3 Å². The van der Waals surface area contributed by atoms with Crippen molar-refractivity contribution < 1.29 is 9.90 Å². The van der Waals surface area contributed by atoms with Crippen LogP contribution in [0.5, 0.6) is 0 Å². The third kappa shape index (κ3) is 5.18. The van der Waals surface area contributed by atoms with Gasteiger partial charge in [0.25, 0.3) is 0 Å². The summed E-state index contributed by atoms with van der Waals surface area (Å²) in [5.74, 6) is 0.591. The third-order valence-corrected chi connectivity index (χ3v) is 8.41. The summed E-state index contributed by atoms with van der Waals surface area (Å²) in [6.45, 7) is 6.31. The molecule has 8 heteroatoms. The number of fused-ring (bicyclic) bond motifs is 1. The number of hydrogen-bond acceptors (Lipinski definition) is 6. The van der Waals surface area contributed by atoms with Gasteiger partial charge in [-0.1, -0.05) is 42.5 Å². The molecule has 5 aromatic rings. The van der Waals surface area contributed by atoms with E-state index in [0.29, 0.717) is 11.6 Å². The van der Waals surface area contributed by atoms with Crippen LogP contribution >= 0.6 is 0 Å². The minimum atomic E-state index is -0.712. The summed E-state index contributed by atoms with van der Waals surface area (Å²) in [4.78, 5) is 28.4. The largest absolute Gasteiger partial charge is 0.481 e. The molecule has 0 aliphatic carbocycles. The topological polar surface area (TPSA) is 110 Å². The number of likely N-dealkylation sites (tertiary alicyclic amines) is 1. The summed E-state index contributed by atoms with van der Waals surface area (Å²) in [6.07, 6.45) is 3.46. The Labute approximate surface area is 239 Å². The first-order valence-corrected chi connectivity index (χ1v) is 14.0. The number of nitrogen functional groups attached to an aromatic ring is 1. The predicted molar refractivity (Wildman–Crippen MR) is 161 cm³/mol. The fourth-order valence-corrected chi connectivity index (χ4v) is 5.75. The Kier molecular flexibility index (Phi) is 7.01. The first kappa shape index (κ1) is 26.7. The highest BCUT2D eigenvalue weighted by Gasteiger charge is 2.38.